The van der Waals surface area contributed by atoms with Gasteiger partial charge < -0.3 is 4.74 Å². The van der Waals surface area contributed by atoms with E-state index in [9.17, 15) is 0 Å². The highest BCUT2D eigenvalue weighted by Gasteiger charge is 1.64. The van der Waals surface area contributed by atoms with Gasteiger partial charge in [0.25, 0.3) is 0 Å². The third-order valence-corrected chi connectivity index (χ3v) is 0.399. The lowest BCUT2D eigenvalue weighted by Gasteiger charge is -1.86. The van der Waals surface area contributed by atoms with Gasteiger partial charge in [0, 0.05) is 0 Å². The number of hydrogen-bond acceptors (Lipinski definition) is 1. The van der Waals surface area contributed by atoms with Gasteiger partial charge in [-0.15, -0.1) is 6.42 Å². The monoisotopic (exact) mass is 96.1 g/mol. The molecular weight excluding hydrogens is 88.1 g/mol. The Labute approximate surface area is 44.0 Å². The van der Waals surface area contributed by atoms with Crippen molar-refractivity contribution in [1.82, 2.24) is 0 Å². The third-order valence-electron chi connectivity index (χ3n) is 0.399. The molecule has 0 spiro atoms. The van der Waals surface area contributed by atoms with E-state index in [1.807, 2.05) is 6.92 Å². The van der Waals surface area contributed by atoms with Crippen molar-refractivity contribution in [1.29, 1.82) is 0 Å². The Balaban J connectivity index is 2.87. The first-order valence-electron chi connectivity index (χ1n) is 2.08. The molecule has 1 nitrogen and oxygen atoms in total. The van der Waals surface area contributed by atoms with Crippen LogP contribution in [0.1, 0.15) is 6.92 Å². The largest absolute Gasteiger partial charge is 0.489 e. The summed E-state index contributed by atoms with van der Waals surface area (Å²) in [5.41, 5.74) is 0. The highest BCUT2D eigenvalue weighted by atomic mass is 16.5. The van der Waals surface area contributed by atoms with Crippen molar-refractivity contribution >= 4 is 0 Å². The van der Waals surface area contributed by atoms with E-state index >= 15 is 0 Å². The van der Waals surface area contributed by atoms with Crippen molar-refractivity contribution in [3.63, 3.8) is 0 Å². The topological polar surface area (TPSA) is 9.23 Å². The van der Waals surface area contributed by atoms with Crippen molar-refractivity contribution in [2.24, 2.45) is 0 Å². The molecule has 0 N–H and O–H groups in total. The van der Waals surface area contributed by atoms with Crippen LogP contribution in [0.15, 0.2) is 12.3 Å². The van der Waals surface area contributed by atoms with E-state index in [2.05, 4.69) is 5.92 Å². The Morgan fingerprint density at radius 2 is 2.57 bits per heavy atom. The summed E-state index contributed by atoms with van der Waals surface area (Å²) in [5, 5.41) is 0. The fraction of sp³-hybridized carbons (Fsp3) is 0.333. The molecule has 0 aliphatic rings. The van der Waals surface area contributed by atoms with Crippen LogP contribution in [0.2, 0.25) is 0 Å². The molecule has 0 saturated heterocycles. The molecule has 0 aromatic rings. The summed E-state index contributed by atoms with van der Waals surface area (Å²) in [7, 11) is 0. The summed E-state index contributed by atoms with van der Waals surface area (Å²) < 4.78 is 4.72. The van der Waals surface area contributed by atoms with E-state index in [1.165, 1.54) is 0 Å². The summed E-state index contributed by atoms with van der Waals surface area (Å²) in [6.07, 6.45) is 8.22. The van der Waals surface area contributed by atoms with Crippen LogP contribution >= 0.6 is 0 Å². The molecule has 0 saturated carbocycles. The van der Waals surface area contributed by atoms with Crippen LogP contribution in [0.3, 0.4) is 0 Å². The van der Waals surface area contributed by atoms with Gasteiger partial charge in [0.1, 0.15) is 6.61 Å². The molecule has 0 amide bonds. The molecule has 0 aromatic carbocycles. The minimum absolute atomic E-state index is 0.365. The van der Waals surface area contributed by atoms with Gasteiger partial charge in [0.2, 0.25) is 0 Å². The Morgan fingerprint density at radius 1 is 1.86 bits per heavy atom. The van der Waals surface area contributed by atoms with Crippen molar-refractivity contribution < 1.29 is 4.74 Å². The van der Waals surface area contributed by atoms with Gasteiger partial charge in [-0.3, -0.25) is 0 Å². The van der Waals surface area contributed by atoms with Crippen molar-refractivity contribution in [3.05, 3.63) is 12.3 Å². The minimum atomic E-state index is 0.365. The average Bonchev–Trinajstić information content (AvgIpc) is 1.69. The molecule has 0 radical (unpaired) electrons. The zero-order valence-electron chi connectivity index (χ0n) is 4.35. The van der Waals surface area contributed by atoms with Gasteiger partial charge in [-0.1, -0.05) is 12.0 Å². The van der Waals surface area contributed by atoms with E-state index in [-0.39, 0.29) is 0 Å². The molecule has 0 fully saturated rings. The lowest BCUT2D eigenvalue weighted by Crippen LogP contribution is -1.77. The Bertz CT molecular complexity index is 86.8. The van der Waals surface area contributed by atoms with E-state index in [0.29, 0.717) is 6.61 Å². The van der Waals surface area contributed by atoms with Crippen LogP contribution in [0.5, 0.6) is 0 Å². The van der Waals surface area contributed by atoms with Crippen molar-refractivity contribution in [3.8, 4) is 12.3 Å². The maximum Gasteiger partial charge on any atom is 0.147 e. The smallest absolute Gasteiger partial charge is 0.147 e. The van der Waals surface area contributed by atoms with Gasteiger partial charge >= 0.3 is 0 Å². The predicted octanol–water partition coefficient (Wildman–Crippen LogP) is 1.17. The highest BCUT2D eigenvalue weighted by molar-refractivity contribution is 4.84. The van der Waals surface area contributed by atoms with Crippen LogP contribution in [0.25, 0.3) is 0 Å². The zero-order valence-corrected chi connectivity index (χ0v) is 4.35. The molecule has 0 heterocycles. The quantitative estimate of drug-likeness (QED) is 0.285. The maximum absolute atomic E-state index is 4.86. The first-order valence-corrected chi connectivity index (χ1v) is 2.08. The molecule has 0 aliphatic heterocycles. The van der Waals surface area contributed by atoms with Gasteiger partial charge in [-0.25, -0.2) is 0 Å². The second-order valence-electron chi connectivity index (χ2n) is 0.985. The minimum Gasteiger partial charge on any atom is -0.489 e. The third kappa shape index (κ3) is 5.10. The summed E-state index contributed by atoms with van der Waals surface area (Å²) in [6.45, 7) is 2.24. The van der Waals surface area contributed by atoms with Crippen molar-refractivity contribution in [2.45, 2.75) is 6.92 Å². The van der Waals surface area contributed by atoms with Crippen LogP contribution < -0.4 is 0 Å². The van der Waals surface area contributed by atoms with E-state index < -0.39 is 0 Å². The average molecular weight is 96.1 g/mol. The number of allylic oxidation sites excluding steroid dienone is 1. The van der Waals surface area contributed by atoms with Crippen LogP contribution in [0, 0.1) is 12.3 Å². The molecular formula is C6H8O. The predicted molar refractivity (Wildman–Crippen MR) is 29.6 cm³/mol. The summed E-state index contributed by atoms with van der Waals surface area (Å²) in [6, 6.07) is 0. The van der Waals surface area contributed by atoms with E-state index in [0.717, 1.165) is 0 Å². The highest BCUT2D eigenvalue weighted by Crippen LogP contribution is 1.72. The number of rotatable bonds is 2. The molecule has 0 bridgehead atoms. The second-order valence-corrected chi connectivity index (χ2v) is 0.985. The van der Waals surface area contributed by atoms with Crippen molar-refractivity contribution in [2.75, 3.05) is 6.61 Å². The molecule has 0 rings (SSSR count). The zero-order chi connectivity index (χ0) is 5.54. The lowest BCUT2D eigenvalue weighted by atomic mass is 10.7. The van der Waals surface area contributed by atoms with Gasteiger partial charge in [-0.2, -0.15) is 0 Å². The van der Waals surface area contributed by atoms with E-state index in [4.69, 9.17) is 11.2 Å². The van der Waals surface area contributed by atoms with Crippen LogP contribution in [-0.4, -0.2) is 6.61 Å². The standard InChI is InChI=1S/C6H8O/c1-3-5-7-6-4-2/h1,4,6H,5H2,2H3. The first-order chi connectivity index (χ1) is 3.41. The van der Waals surface area contributed by atoms with Gasteiger partial charge in [0.05, 0.1) is 6.26 Å². The summed E-state index contributed by atoms with van der Waals surface area (Å²) in [5.74, 6) is 2.33. The number of terminal acetylenes is 1. The summed E-state index contributed by atoms with van der Waals surface area (Å²) >= 11 is 0. The fourth-order valence-corrected chi connectivity index (χ4v) is 0.192. The number of ether oxygens (including phenoxy) is 1. The lowest BCUT2D eigenvalue weighted by molar-refractivity contribution is 0.296. The van der Waals surface area contributed by atoms with Gasteiger partial charge in [0.15, 0.2) is 0 Å². The molecule has 7 heavy (non-hydrogen) atoms. The molecule has 38 valence electrons. The van der Waals surface area contributed by atoms with E-state index in [1.54, 1.807) is 12.3 Å². The molecule has 0 unspecified atom stereocenters. The maximum atomic E-state index is 4.86. The fourth-order valence-electron chi connectivity index (χ4n) is 0.192. The molecule has 0 aliphatic carbocycles. The molecule has 1 heteroatoms. The second kappa shape index (κ2) is 5.10. The number of hydrogen-bond donors (Lipinski definition) is 0. The molecule has 0 atom stereocenters. The first kappa shape index (κ1) is 6.10. The Morgan fingerprint density at radius 3 is 3.00 bits per heavy atom. The summed E-state index contributed by atoms with van der Waals surface area (Å²) in [4.78, 5) is 0. The Kier molecular flexibility index (Phi) is 4.44. The normalized spacial score (nSPS) is 8.57. The Hall–Kier alpha value is -0.900. The SMILES string of the molecule is C#CCOC=CC. The van der Waals surface area contributed by atoms with Crippen LogP contribution in [-0.2, 0) is 4.74 Å². The van der Waals surface area contributed by atoms with Gasteiger partial charge in [-0.05, 0) is 6.92 Å². The molecule has 0 aromatic heterocycles. The van der Waals surface area contributed by atoms with Crippen LogP contribution in [0.4, 0.5) is 0 Å².